The third kappa shape index (κ3) is 2.35. The first-order valence-corrected chi connectivity index (χ1v) is 8.91. The Morgan fingerprint density at radius 1 is 1.18 bits per heavy atom. The van der Waals surface area contributed by atoms with Crippen molar-refractivity contribution in [1.29, 1.82) is 0 Å². The maximum Gasteiger partial charge on any atom is 0.222 e. The lowest BCUT2D eigenvalue weighted by Gasteiger charge is -2.43. The average Bonchev–Trinajstić information content (AvgIpc) is 2.49. The highest BCUT2D eigenvalue weighted by Gasteiger charge is 2.37. The molecule has 3 N–H and O–H groups in total. The number of nitrogens with one attached hydrogen (secondary N) is 1. The minimum absolute atomic E-state index is 0.465. The Labute approximate surface area is 132 Å². The van der Waals surface area contributed by atoms with Crippen molar-refractivity contribution in [1.82, 2.24) is 15.3 Å². The Balaban J connectivity index is 1.62. The molecule has 0 bridgehead atoms. The van der Waals surface area contributed by atoms with E-state index in [1.54, 1.807) is 0 Å². The highest BCUT2D eigenvalue weighted by molar-refractivity contribution is 5.56. The van der Waals surface area contributed by atoms with Crippen molar-refractivity contribution in [3.05, 3.63) is 11.3 Å². The molecule has 2 unspecified atom stereocenters. The summed E-state index contributed by atoms with van der Waals surface area (Å²) < 4.78 is 0. The van der Waals surface area contributed by atoms with Crippen LogP contribution < -0.4 is 16.0 Å². The Kier molecular flexibility index (Phi) is 3.68. The van der Waals surface area contributed by atoms with Gasteiger partial charge in [0, 0.05) is 30.6 Å². The van der Waals surface area contributed by atoms with Gasteiger partial charge < -0.3 is 16.0 Å². The van der Waals surface area contributed by atoms with Crippen molar-refractivity contribution in [3.8, 4) is 0 Å². The standard InChI is InChI=1S/C17H27N5/c1-2-19-12-9-22(10-12)16-14-8-7-11-5-3-4-6-13(11)15(14)20-17(18)21-16/h11-13,19H,2-10H2,1H3,(H2,18,20,21). The molecular weight excluding hydrogens is 274 g/mol. The molecule has 0 amide bonds. The van der Waals surface area contributed by atoms with E-state index in [1.165, 1.54) is 43.4 Å². The molecule has 0 spiro atoms. The van der Waals surface area contributed by atoms with Crippen LogP contribution in [0.15, 0.2) is 0 Å². The Bertz CT molecular complexity index is 552. The highest BCUT2D eigenvalue weighted by atomic mass is 15.3. The van der Waals surface area contributed by atoms with E-state index >= 15 is 0 Å². The van der Waals surface area contributed by atoms with Crippen LogP contribution in [0.4, 0.5) is 11.8 Å². The van der Waals surface area contributed by atoms with Crippen LogP contribution in [0.25, 0.3) is 0 Å². The average molecular weight is 301 g/mol. The number of aromatic nitrogens is 2. The van der Waals surface area contributed by atoms with Gasteiger partial charge in [0.15, 0.2) is 0 Å². The zero-order valence-corrected chi connectivity index (χ0v) is 13.5. The summed E-state index contributed by atoms with van der Waals surface area (Å²) in [6.07, 6.45) is 7.83. The van der Waals surface area contributed by atoms with Gasteiger partial charge in [0.25, 0.3) is 0 Å². The maximum atomic E-state index is 6.05. The molecule has 1 saturated heterocycles. The lowest BCUT2D eigenvalue weighted by atomic mass is 9.70. The number of likely N-dealkylation sites (N-methyl/N-ethyl adjacent to an activating group) is 1. The lowest BCUT2D eigenvalue weighted by molar-refractivity contribution is 0.270. The number of nitrogens with zero attached hydrogens (tertiary/aromatic N) is 3. The van der Waals surface area contributed by atoms with Gasteiger partial charge in [-0.05, 0) is 38.1 Å². The quantitative estimate of drug-likeness (QED) is 0.894. The summed E-state index contributed by atoms with van der Waals surface area (Å²) in [6, 6.07) is 0.600. The van der Waals surface area contributed by atoms with Crippen molar-refractivity contribution in [2.45, 2.75) is 57.4 Å². The Hall–Kier alpha value is -1.36. The number of nitrogen functional groups attached to an aromatic ring is 1. The van der Waals surface area contributed by atoms with Crippen LogP contribution in [0.5, 0.6) is 0 Å². The van der Waals surface area contributed by atoms with Gasteiger partial charge in [0.2, 0.25) is 5.95 Å². The van der Waals surface area contributed by atoms with Crippen molar-refractivity contribution in [2.24, 2.45) is 5.92 Å². The van der Waals surface area contributed by atoms with Crippen LogP contribution in [0.3, 0.4) is 0 Å². The Morgan fingerprint density at radius 2 is 2.00 bits per heavy atom. The summed E-state index contributed by atoms with van der Waals surface area (Å²) in [5.41, 5.74) is 8.73. The predicted octanol–water partition coefficient (Wildman–Crippen LogP) is 2.08. The largest absolute Gasteiger partial charge is 0.368 e. The molecule has 0 radical (unpaired) electrons. The molecule has 0 aromatic carbocycles. The van der Waals surface area contributed by atoms with E-state index in [1.807, 2.05) is 0 Å². The fourth-order valence-corrected chi connectivity index (χ4v) is 4.63. The molecule has 22 heavy (non-hydrogen) atoms. The smallest absolute Gasteiger partial charge is 0.222 e. The molecule has 3 aliphatic rings. The SMILES string of the molecule is CCNC1CN(c2nc(N)nc3c2CCC2CCCCC32)C1. The molecule has 120 valence electrons. The molecule has 1 aliphatic heterocycles. The summed E-state index contributed by atoms with van der Waals surface area (Å²) in [5.74, 6) is 3.05. The molecule has 2 heterocycles. The zero-order chi connectivity index (χ0) is 15.1. The third-order valence-electron chi connectivity index (χ3n) is 5.73. The van der Waals surface area contributed by atoms with Gasteiger partial charge in [-0.25, -0.2) is 4.98 Å². The second kappa shape index (κ2) is 5.69. The van der Waals surface area contributed by atoms with Gasteiger partial charge in [-0.2, -0.15) is 4.98 Å². The lowest BCUT2D eigenvalue weighted by Crippen LogP contribution is -2.58. The molecule has 1 aromatic rings. The number of rotatable bonds is 3. The van der Waals surface area contributed by atoms with Gasteiger partial charge in [-0.15, -0.1) is 0 Å². The number of hydrogen-bond acceptors (Lipinski definition) is 5. The summed E-state index contributed by atoms with van der Waals surface area (Å²) in [5, 5.41) is 3.51. The van der Waals surface area contributed by atoms with E-state index in [-0.39, 0.29) is 0 Å². The van der Waals surface area contributed by atoms with E-state index < -0.39 is 0 Å². The Morgan fingerprint density at radius 3 is 2.82 bits per heavy atom. The van der Waals surface area contributed by atoms with Crippen LogP contribution in [0, 0.1) is 5.92 Å². The van der Waals surface area contributed by atoms with Gasteiger partial charge in [0.05, 0.1) is 5.69 Å². The summed E-state index contributed by atoms with van der Waals surface area (Å²) in [6.45, 7) is 5.29. The van der Waals surface area contributed by atoms with Crippen LogP contribution in [0.1, 0.15) is 56.2 Å². The first-order chi connectivity index (χ1) is 10.8. The zero-order valence-electron chi connectivity index (χ0n) is 13.5. The van der Waals surface area contributed by atoms with E-state index in [0.717, 1.165) is 37.8 Å². The molecule has 2 fully saturated rings. The molecule has 5 nitrogen and oxygen atoms in total. The molecule has 1 saturated carbocycles. The van der Waals surface area contributed by atoms with Gasteiger partial charge in [-0.3, -0.25) is 0 Å². The molecule has 2 atom stereocenters. The first-order valence-electron chi connectivity index (χ1n) is 8.91. The second-order valence-corrected chi connectivity index (χ2v) is 7.12. The number of nitrogens with two attached hydrogens (primary N) is 1. The molecule has 5 heteroatoms. The molecule has 1 aromatic heterocycles. The van der Waals surface area contributed by atoms with E-state index in [4.69, 9.17) is 5.73 Å². The van der Waals surface area contributed by atoms with Crippen molar-refractivity contribution < 1.29 is 0 Å². The highest BCUT2D eigenvalue weighted by Crippen LogP contribution is 2.46. The fraction of sp³-hybridized carbons (Fsp3) is 0.765. The van der Waals surface area contributed by atoms with Crippen molar-refractivity contribution in [2.75, 3.05) is 30.3 Å². The minimum Gasteiger partial charge on any atom is -0.368 e. The van der Waals surface area contributed by atoms with Crippen molar-refractivity contribution in [3.63, 3.8) is 0 Å². The second-order valence-electron chi connectivity index (χ2n) is 7.12. The topological polar surface area (TPSA) is 67.1 Å². The molecular formula is C17H27N5. The van der Waals surface area contributed by atoms with Gasteiger partial charge >= 0.3 is 0 Å². The first kappa shape index (κ1) is 14.2. The van der Waals surface area contributed by atoms with E-state index in [0.29, 0.717) is 17.9 Å². The minimum atomic E-state index is 0.465. The van der Waals surface area contributed by atoms with Crippen LogP contribution >= 0.6 is 0 Å². The monoisotopic (exact) mass is 301 g/mol. The predicted molar refractivity (Wildman–Crippen MR) is 89.1 cm³/mol. The van der Waals surface area contributed by atoms with Gasteiger partial charge in [-0.1, -0.05) is 19.8 Å². The van der Waals surface area contributed by atoms with E-state index in [2.05, 4.69) is 27.1 Å². The molecule has 4 rings (SSSR count). The summed E-state index contributed by atoms with van der Waals surface area (Å²) in [7, 11) is 0. The summed E-state index contributed by atoms with van der Waals surface area (Å²) in [4.78, 5) is 11.7. The normalized spacial score (nSPS) is 28.0. The number of anilines is 2. The summed E-state index contributed by atoms with van der Waals surface area (Å²) >= 11 is 0. The van der Waals surface area contributed by atoms with Gasteiger partial charge in [0.1, 0.15) is 5.82 Å². The van der Waals surface area contributed by atoms with Crippen molar-refractivity contribution >= 4 is 11.8 Å². The van der Waals surface area contributed by atoms with Crippen LogP contribution in [-0.2, 0) is 6.42 Å². The number of fused-ring (bicyclic) bond motifs is 3. The number of hydrogen-bond donors (Lipinski definition) is 2. The van der Waals surface area contributed by atoms with Crippen LogP contribution in [0.2, 0.25) is 0 Å². The third-order valence-corrected chi connectivity index (χ3v) is 5.73. The van der Waals surface area contributed by atoms with E-state index in [9.17, 15) is 0 Å². The molecule has 2 aliphatic carbocycles. The van der Waals surface area contributed by atoms with Crippen LogP contribution in [-0.4, -0.2) is 35.6 Å². The maximum absolute atomic E-state index is 6.05. The fourth-order valence-electron chi connectivity index (χ4n) is 4.63.